The summed E-state index contributed by atoms with van der Waals surface area (Å²) >= 11 is 0. The molecule has 3 aromatic carbocycles. The van der Waals surface area contributed by atoms with E-state index in [9.17, 15) is 9.90 Å². The van der Waals surface area contributed by atoms with Gasteiger partial charge in [0.05, 0.1) is 25.5 Å². The highest BCUT2D eigenvalue weighted by atomic mass is 16.5. The van der Waals surface area contributed by atoms with E-state index in [1.54, 1.807) is 37.0 Å². The monoisotopic (exact) mass is 399 g/mol. The van der Waals surface area contributed by atoms with Gasteiger partial charge < -0.3 is 14.6 Å². The number of pyridine rings is 1. The van der Waals surface area contributed by atoms with Crippen LogP contribution in [0.3, 0.4) is 0 Å². The van der Waals surface area contributed by atoms with Crippen LogP contribution in [0.25, 0.3) is 28.1 Å². The van der Waals surface area contributed by atoms with E-state index in [1.807, 2.05) is 66.7 Å². The van der Waals surface area contributed by atoms with E-state index >= 15 is 0 Å². The maximum Gasteiger partial charge on any atom is 0.267 e. The molecule has 4 rings (SSSR count). The molecule has 0 unspecified atom stereocenters. The summed E-state index contributed by atoms with van der Waals surface area (Å²) in [4.78, 5) is 13.6. The molecule has 1 N–H and O–H groups in total. The average molecular weight is 399 g/mol. The highest BCUT2D eigenvalue weighted by molar-refractivity contribution is 5.75. The van der Waals surface area contributed by atoms with Gasteiger partial charge in [-0.15, -0.1) is 0 Å². The molecule has 0 radical (unpaired) electrons. The number of aromatic hydroxyl groups is 1. The molecule has 0 saturated heterocycles. The molecule has 1 heterocycles. The van der Waals surface area contributed by atoms with Crippen LogP contribution in [-0.2, 0) is 0 Å². The van der Waals surface area contributed by atoms with Gasteiger partial charge in [0.25, 0.3) is 5.56 Å². The molecule has 1 aromatic heterocycles. The lowest BCUT2D eigenvalue weighted by Gasteiger charge is -2.17. The lowest BCUT2D eigenvalue weighted by atomic mass is 10.0. The number of nitrogens with zero attached hydrogens (tertiary/aromatic N) is 1. The highest BCUT2D eigenvalue weighted by Crippen LogP contribution is 2.32. The molecule has 30 heavy (non-hydrogen) atoms. The van der Waals surface area contributed by atoms with Crippen LogP contribution in [0.5, 0.6) is 17.2 Å². The lowest BCUT2D eigenvalue weighted by molar-refractivity contribution is 0.414. The van der Waals surface area contributed by atoms with Crippen molar-refractivity contribution in [3.05, 3.63) is 95.3 Å². The van der Waals surface area contributed by atoms with Gasteiger partial charge in [-0.05, 0) is 59.7 Å². The molecule has 150 valence electrons. The zero-order chi connectivity index (χ0) is 21.1. The second-order valence-corrected chi connectivity index (χ2v) is 6.72. The third-order valence-electron chi connectivity index (χ3n) is 4.97. The van der Waals surface area contributed by atoms with Crippen LogP contribution in [0.4, 0.5) is 0 Å². The van der Waals surface area contributed by atoms with Gasteiger partial charge in [0, 0.05) is 11.8 Å². The van der Waals surface area contributed by atoms with Gasteiger partial charge in [0.15, 0.2) is 0 Å². The Morgan fingerprint density at radius 2 is 1.30 bits per heavy atom. The molecule has 4 aromatic rings. The fourth-order valence-corrected chi connectivity index (χ4v) is 3.44. The fourth-order valence-electron chi connectivity index (χ4n) is 3.44. The van der Waals surface area contributed by atoms with Crippen molar-refractivity contribution in [1.29, 1.82) is 0 Å². The molecule has 0 atom stereocenters. The van der Waals surface area contributed by atoms with Crippen molar-refractivity contribution in [1.82, 2.24) is 4.57 Å². The molecule has 0 aliphatic heterocycles. The first-order valence-electron chi connectivity index (χ1n) is 9.45. The van der Waals surface area contributed by atoms with E-state index < -0.39 is 0 Å². The van der Waals surface area contributed by atoms with Gasteiger partial charge in [0.1, 0.15) is 17.2 Å². The van der Waals surface area contributed by atoms with Gasteiger partial charge in [0.2, 0.25) is 0 Å². The summed E-state index contributed by atoms with van der Waals surface area (Å²) in [6, 6.07) is 25.4. The molecule has 0 fully saturated rings. The average Bonchev–Trinajstić information content (AvgIpc) is 2.80. The van der Waals surface area contributed by atoms with E-state index in [4.69, 9.17) is 9.47 Å². The summed E-state index contributed by atoms with van der Waals surface area (Å²) in [6.07, 6.45) is 0. The summed E-state index contributed by atoms with van der Waals surface area (Å²) in [5.41, 5.74) is 2.62. The Labute approximate surface area is 174 Å². The Morgan fingerprint density at radius 1 is 0.733 bits per heavy atom. The fraction of sp³-hybridized carbons (Fsp3) is 0.0800. The van der Waals surface area contributed by atoms with Crippen molar-refractivity contribution in [3.8, 4) is 45.3 Å². The molecule has 0 amide bonds. The van der Waals surface area contributed by atoms with E-state index in [0.717, 1.165) is 5.56 Å². The van der Waals surface area contributed by atoms with Crippen LogP contribution < -0.4 is 15.0 Å². The van der Waals surface area contributed by atoms with Crippen LogP contribution in [0, 0.1) is 0 Å². The zero-order valence-corrected chi connectivity index (χ0v) is 16.7. The molecule has 0 aliphatic rings. The molecule has 5 heteroatoms. The van der Waals surface area contributed by atoms with Crippen molar-refractivity contribution >= 4 is 0 Å². The lowest BCUT2D eigenvalue weighted by Crippen LogP contribution is -2.22. The molecular weight excluding hydrogens is 378 g/mol. The summed E-state index contributed by atoms with van der Waals surface area (Å²) in [5.74, 6) is 1.34. The van der Waals surface area contributed by atoms with Crippen LogP contribution in [-0.4, -0.2) is 23.9 Å². The standard InChI is InChI=1S/C25H21NO4/c1-29-20-12-8-17(9-13-20)22-16-23(27)24(18-6-4-3-5-7-18)25(28)26(22)19-10-14-21(30-2)15-11-19/h3-16,27H,1-2H3. The Balaban J connectivity index is 2.00. The Kier molecular flexibility index (Phi) is 5.26. The summed E-state index contributed by atoms with van der Waals surface area (Å²) in [5, 5.41) is 10.8. The third kappa shape index (κ3) is 3.53. The highest BCUT2D eigenvalue weighted by Gasteiger charge is 2.18. The number of ether oxygens (including phenoxy) is 2. The molecule has 0 saturated carbocycles. The van der Waals surface area contributed by atoms with Crippen LogP contribution in [0.1, 0.15) is 0 Å². The summed E-state index contributed by atoms with van der Waals surface area (Å²) < 4.78 is 12.1. The van der Waals surface area contributed by atoms with Crippen LogP contribution >= 0.6 is 0 Å². The topological polar surface area (TPSA) is 60.7 Å². The molecular formula is C25H21NO4. The van der Waals surface area contributed by atoms with Crippen LogP contribution in [0.2, 0.25) is 0 Å². The van der Waals surface area contributed by atoms with Crippen molar-refractivity contribution in [2.24, 2.45) is 0 Å². The van der Waals surface area contributed by atoms with E-state index in [0.29, 0.717) is 28.4 Å². The Bertz CT molecular complexity index is 1210. The largest absolute Gasteiger partial charge is 0.507 e. The summed E-state index contributed by atoms with van der Waals surface area (Å²) in [7, 11) is 3.20. The molecule has 0 spiro atoms. The van der Waals surface area contributed by atoms with Gasteiger partial charge in [-0.3, -0.25) is 9.36 Å². The molecule has 0 bridgehead atoms. The Morgan fingerprint density at radius 3 is 1.87 bits per heavy atom. The normalized spacial score (nSPS) is 10.6. The second-order valence-electron chi connectivity index (χ2n) is 6.72. The maximum absolute atomic E-state index is 13.6. The number of benzene rings is 3. The number of rotatable bonds is 5. The van der Waals surface area contributed by atoms with Crippen LogP contribution in [0.15, 0.2) is 89.7 Å². The van der Waals surface area contributed by atoms with E-state index in [1.165, 1.54) is 0 Å². The number of methoxy groups -OCH3 is 2. The summed E-state index contributed by atoms with van der Waals surface area (Å²) in [6.45, 7) is 0. The van der Waals surface area contributed by atoms with Gasteiger partial charge >= 0.3 is 0 Å². The quantitative estimate of drug-likeness (QED) is 0.519. The Hall–Kier alpha value is -3.99. The van der Waals surface area contributed by atoms with Crippen molar-refractivity contribution < 1.29 is 14.6 Å². The zero-order valence-electron chi connectivity index (χ0n) is 16.7. The maximum atomic E-state index is 13.6. The van der Waals surface area contributed by atoms with Gasteiger partial charge in [-0.25, -0.2) is 0 Å². The first-order valence-corrected chi connectivity index (χ1v) is 9.45. The number of hydrogen-bond donors (Lipinski definition) is 1. The minimum atomic E-state index is -0.308. The number of hydrogen-bond acceptors (Lipinski definition) is 4. The van der Waals surface area contributed by atoms with Gasteiger partial charge in [-0.2, -0.15) is 0 Å². The van der Waals surface area contributed by atoms with E-state index in [-0.39, 0.29) is 16.9 Å². The van der Waals surface area contributed by atoms with Gasteiger partial charge in [-0.1, -0.05) is 30.3 Å². The first-order chi connectivity index (χ1) is 14.6. The smallest absolute Gasteiger partial charge is 0.267 e. The predicted molar refractivity (Wildman–Crippen MR) is 118 cm³/mol. The van der Waals surface area contributed by atoms with E-state index in [2.05, 4.69) is 0 Å². The SMILES string of the molecule is COc1ccc(-c2cc(O)c(-c3ccccc3)c(=O)n2-c2ccc(OC)cc2)cc1. The minimum Gasteiger partial charge on any atom is -0.507 e. The predicted octanol–water partition coefficient (Wildman–Crippen LogP) is 4.89. The second kappa shape index (κ2) is 8.17. The first kappa shape index (κ1) is 19.3. The van der Waals surface area contributed by atoms with Crippen molar-refractivity contribution in [2.45, 2.75) is 0 Å². The number of aromatic nitrogens is 1. The molecule has 0 aliphatic carbocycles. The van der Waals surface area contributed by atoms with Crippen molar-refractivity contribution in [3.63, 3.8) is 0 Å². The minimum absolute atomic E-state index is 0.0678. The molecule has 5 nitrogen and oxygen atoms in total. The third-order valence-corrected chi connectivity index (χ3v) is 4.97. The van der Waals surface area contributed by atoms with Crippen molar-refractivity contribution in [2.75, 3.05) is 14.2 Å².